The van der Waals surface area contributed by atoms with Gasteiger partial charge in [0.2, 0.25) is 0 Å². The molecule has 0 atom stereocenters. The van der Waals surface area contributed by atoms with Gasteiger partial charge in [-0.05, 0) is 56.0 Å². The van der Waals surface area contributed by atoms with Crippen LogP contribution in [-0.2, 0) is 0 Å². The molecule has 1 fully saturated rings. The second kappa shape index (κ2) is 10.2. The van der Waals surface area contributed by atoms with Crippen molar-refractivity contribution in [3.8, 4) is 5.69 Å². The zero-order valence-corrected chi connectivity index (χ0v) is 21.0. The number of amides is 1. The van der Waals surface area contributed by atoms with Crippen molar-refractivity contribution in [3.05, 3.63) is 77.0 Å². The van der Waals surface area contributed by atoms with Crippen molar-refractivity contribution in [2.45, 2.75) is 57.5 Å². The fourth-order valence-electron chi connectivity index (χ4n) is 4.57. The molecule has 1 aliphatic carbocycles. The molecule has 2 heterocycles. The van der Waals surface area contributed by atoms with Crippen LogP contribution in [0.2, 0.25) is 5.02 Å². The van der Waals surface area contributed by atoms with Crippen LogP contribution in [0.15, 0.2) is 54.7 Å². The Morgan fingerprint density at radius 3 is 2.53 bits per heavy atom. The summed E-state index contributed by atoms with van der Waals surface area (Å²) in [6.07, 6.45) is 5.08. The molecule has 7 nitrogen and oxygen atoms in total. The van der Waals surface area contributed by atoms with E-state index >= 15 is 0 Å². The maximum absolute atomic E-state index is 13.9. The van der Waals surface area contributed by atoms with E-state index < -0.39 is 5.82 Å². The van der Waals surface area contributed by atoms with E-state index in [2.05, 4.69) is 29.6 Å². The Labute approximate surface area is 214 Å². The van der Waals surface area contributed by atoms with Crippen molar-refractivity contribution in [1.82, 2.24) is 25.1 Å². The molecule has 2 aromatic carbocycles. The Balaban J connectivity index is 1.32. The average Bonchev–Trinajstić information content (AvgIpc) is 3.30. The van der Waals surface area contributed by atoms with Gasteiger partial charge in [0, 0.05) is 23.0 Å². The molecule has 9 heteroatoms. The van der Waals surface area contributed by atoms with E-state index in [0.29, 0.717) is 5.02 Å². The number of rotatable bonds is 6. The smallest absolute Gasteiger partial charge is 0.254 e. The van der Waals surface area contributed by atoms with Gasteiger partial charge in [-0.2, -0.15) is 5.10 Å². The third kappa shape index (κ3) is 5.04. The number of halogens is 2. The zero-order valence-electron chi connectivity index (χ0n) is 20.2. The molecule has 0 bridgehead atoms. The lowest BCUT2D eigenvalue weighted by Gasteiger charge is -2.30. The van der Waals surface area contributed by atoms with Gasteiger partial charge >= 0.3 is 0 Å². The SMILES string of the molecule is CC(C)c1nc(NC2CCC(NC(=O)c3ccccc3F)CC2)c2cnn(-c3cccc(Cl)c3)c2n1. The molecule has 2 N–H and O–H groups in total. The monoisotopic (exact) mass is 506 g/mol. The Morgan fingerprint density at radius 2 is 1.81 bits per heavy atom. The molecule has 0 spiro atoms. The number of nitrogens with one attached hydrogen (secondary N) is 2. The first-order valence-electron chi connectivity index (χ1n) is 12.2. The molecule has 1 saturated carbocycles. The second-order valence-corrected chi connectivity index (χ2v) is 9.94. The summed E-state index contributed by atoms with van der Waals surface area (Å²) in [4.78, 5) is 22.1. The molecule has 0 radical (unpaired) electrons. The lowest BCUT2D eigenvalue weighted by molar-refractivity contribution is 0.0922. The molecular weight excluding hydrogens is 479 g/mol. The van der Waals surface area contributed by atoms with E-state index in [0.717, 1.165) is 54.0 Å². The Morgan fingerprint density at radius 1 is 1.06 bits per heavy atom. The van der Waals surface area contributed by atoms with Gasteiger partial charge in [-0.15, -0.1) is 0 Å². The number of nitrogens with zero attached hydrogens (tertiary/aromatic N) is 4. The first-order chi connectivity index (χ1) is 17.4. The van der Waals surface area contributed by atoms with Gasteiger partial charge in [0.15, 0.2) is 5.65 Å². The fraction of sp³-hybridized carbons (Fsp3) is 0.333. The minimum atomic E-state index is -0.502. The summed E-state index contributed by atoms with van der Waals surface area (Å²) in [5.41, 5.74) is 1.64. The predicted molar refractivity (Wildman–Crippen MR) is 139 cm³/mol. The van der Waals surface area contributed by atoms with Crippen molar-refractivity contribution in [1.29, 1.82) is 0 Å². The molecule has 2 aromatic heterocycles. The number of carbonyl (C=O) groups excluding carboxylic acids is 1. The minimum Gasteiger partial charge on any atom is -0.367 e. The van der Waals surface area contributed by atoms with Gasteiger partial charge in [0.25, 0.3) is 5.91 Å². The predicted octanol–water partition coefficient (Wildman–Crippen LogP) is 5.88. The van der Waals surface area contributed by atoms with Crippen molar-refractivity contribution < 1.29 is 9.18 Å². The third-order valence-corrected chi connectivity index (χ3v) is 6.77. The van der Waals surface area contributed by atoms with Crippen LogP contribution < -0.4 is 10.6 Å². The summed E-state index contributed by atoms with van der Waals surface area (Å²) in [6.45, 7) is 4.13. The van der Waals surface area contributed by atoms with Crippen LogP contribution in [-0.4, -0.2) is 37.7 Å². The van der Waals surface area contributed by atoms with E-state index in [1.54, 1.807) is 23.0 Å². The van der Waals surface area contributed by atoms with Gasteiger partial charge in [-0.1, -0.05) is 43.6 Å². The standard InChI is InChI=1S/C27H28ClFN6O/c1-16(2)24-33-25(22-15-30-35(26(22)34-24)20-7-5-6-17(28)14-20)31-18-10-12-19(13-11-18)32-27(36)21-8-3-4-9-23(21)29/h3-9,14-16,18-19H,10-13H2,1-2H3,(H,32,36)(H,31,33,34). The molecule has 186 valence electrons. The highest BCUT2D eigenvalue weighted by Gasteiger charge is 2.25. The molecule has 0 saturated heterocycles. The highest BCUT2D eigenvalue weighted by atomic mass is 35.5. The van der Waals surface area contributed by atoms with Crippen molar-refractivity contribution in [2.75, 3.05) is 5.32 Å². The lowest BCUT2D eigenvalue weighted by atomic mass is 9.91. The summed E-state index contributed by atoms with van der Waals surface area (Å²) in [7, 11) is 0. The van der Waals surface area contributed by atoms with Crippen LogP contribution in [0, 0.1) is 5.82 Å². The number of anilines is 1. The van der Waals surface area contributed by atoms with E-state index in [1.165, 1.54) is 12.1 Å². The molecule has 1 amide bonds. The summed E-state index contributed by atoms with van der Waals surface area (Å²) < 4.78 is 15.7. The Hall–Kier alpha value is -3.52. The van der Waals surface area contributed by atoms with Gasteiger partial charge in [0.1, 0.15) is 17.5 Å². The number of hydrogen-bond donors (Lipinski definition) is 2. The van der Waals surface area contributed by atoms with Crippen LogP contribution >= 0.6 is 11.6 Å². The topological polar surface area (TPSA) is 84.7 Å². The first-order valence-corrected chi connectivity index (χ1v) is 12.6. The van der Waals surface area contributed by atoms with E-state index in [1.807, 2.05) is 24.3 Å². The number of carbonyl (C=O) groups is 1. The van der Waals surface area contributed by atoms with Crippen molar-refractivity contribution in [3.63, 3.8) is 0 Å². The number of benzene rings is 2. The highest BCUT2D eigenvalue weighted by molar-refractivity contribution is 6.30. The largest absolute Gasteiger partial charge is 0.367 e. The van der Waals surface area contributed by atoms with E-state index in [4.69, 9.17) is 21.6 Å². The van der Waals surface area contributed by atoms with Crippen LogP contribution in [0.1, 0.15) is 61.6 Å². The highest BCUT2D eigenvalue weighted by Crippen LogP contribution is 2.29. The van der Waals surface area contributed by atoms with Gasteiger partial charge in [-0.25, -0.2) is 19.0 Å². The Kier molecular flexibility index (Phi) is 6.87. The maximum atomic E-state index is 13.9. The molecule has 1 aliphatic rings. The molecule has 5 rings (SSSR count). The van der Waals surface area contributed by atoms with E-state index in [9.17, 15) is 9.18 Å². The van der Waals surface area contributed by atoms with E-state index in [-0.39, 0.29) is 29.5 Å². The normalized spacial score (nSPS) is 17.9. The van der Waals surface area contributed by atoms with Crippen LogP contribution in [0.4, 0.5) is 10.2 Å². The van der Waals surface area contributed by atoms with Crippen molar-refractivity contribution >= 4 is 34.4 Å². The first kappa shape index (κ1) is 24.2. The van der Waals surface area contributed by atoms with Crippen LogP contribution in [0.5, 0.6) is 0 Å². The average molecular weight is 507 g/mol. The zero-order chi connectivity index (χ0) is 25.2. The van der Waals surface area contributed by atoms with Gasteiger partial charge < -0.3 is 10.6 Å². The summed E-state index contributed by atoms with van der Waals surface area (Å²) in [5.74, 6) is 0.770. The molecule has 0 aliphatic heterocycles. The van der Waals surface area contributed by atoms with Crippen molar-refractivity contribution in [2.24, 2.45) is 0 Å². The lowest BCUT2D eigenvalue weighted by Crippen LogP contribution is -2.40. The summed E-state index contributed by atoms with van der Waals surface area (Å²) in [5, 5.41) is 12.6. The molecule has 4 aromatic rings. The van der Waals surface area contributed by atoms with Gasteiger partial charge in [0.05, 0.1) is 22.8 Å². The fourth-order valence-corrected chi connectivity index (χ4v) is 4.76. The van der Waals surface area contributed by atoms with Crippen LogP contribution in [0.3, 0.4) is 0 Å². The van der Waals surface area contributed by atoms with Gasteiger partial charge in [-0.3, -0.25) is 4.79 Å². The maximum Gasteiger partial charge on any atom is 0.254 e. The molecular formula is C27H28ClFN6O. The second-order valence-electron chi connectivity index (χ2n) is 9.50. The number of aromatic nitrogens is 4. The quantitative estimate of drug-likeness (QED) is 0.341. The third-order valence-electron chi connectivity index (χ3n) is 6.54. The number of fused-ring (bicyclic) bond motifs is 1. The summed E-state index contributed by atoms with van der Waals surface area (Å²) in [6, 6.07) is 13.8. The minimum absolute atomic E-state index is 0.0115. The summed E-state index contributed by atoms with van der Waals surface area (Å²) >= 11 is 6.21. The molecule has 36 heavy (non-hydrogen) atoms. The number of hydrogen-bond acceptors (Lipinski definition) is 5. The van der Waals surface area contributed by atoms with Crippen LogP contribution in [0.25, 0.3) is 16.7 Å². The Bertz CT molecular complexity index is 1400. The molecule has 0 unspecified atom stereocenters.